The highest BCUT2D eigenvalue weighted by Crippen LogP contribution is 2.31. The summed E-state index contributed by atoms with van der Waals surface area (Å²) in [7, 11) is -2.35. The third-order valence-electron chi connectivity index (χ3n) is 4.69. The summed E-state index contributed by atoms with van der Waals surface area (Å²) in [6.07, 6.45) is 1.35. The van der Waals surface area contributed by atoms with Gasteiger partial charge in [0.05, 0.1) is 30.2 Å². The Morgan fingerprint density at radius 2 is 1.76 bits per heavy atom. The summed E-state index contributed by atoms with van der Waals surface area (Å²) in [5.41, 5.74) is 1.63. The molecule has 0 aliphatic heterocycles. The zero-order valence-electron chi connectivity index (χ0n) is 18.7. The first kappa shape index (κ1) is 26.1. The fraction of sp³-hybridized carbons (Fsp3) is 0.364. The van der Waals surface area contributed by atoms with E-state index in [2.05, 4.69) is 9.97 Å². The molecule has 178 valence electrons. The van der Waals surface area contributed by atoms with Crippen molar-refractivity contribution in [1.29, 1.82) is 0 Å². The van der Waals surface area contributed by atoms with E-state index in [9.17, 15) is 27.5 Å². The molecule has 1 aromatic carbocycles. The first-order chi connectivity index (χ1) is 15.3. The molecule has 0 saturated carbocycles. The van der Waals surface area contributed by atoms with Gasteiger partial charge < -0.3 is 10.2 Å². The number of aliphatic hydroxyl groups is 1. The van der Waals surface area contributed by atoms with Crippen LogP contribution in [0.3, 0.4) is 0 Å². The fourth-order valence-electron chi connectivity index (χ4n) is 2.95. The largest absolute Gasteiger partial charge is 0.481 e. The van der Waals surface area contributed by atoms with Crippen molar-refractivity contribution in [2.45, 2.75) is 38.7 Å². The molecule has 9 nitrogen and oxygen atoms in total. The number of sulfonamides is 1. The Labute approximate surface area is 191 Å². The normalized spacial score (nSPS) is 12.8. The SMILES string of the molecule is CC(C)c1nc(N(C)S(C)(=O)=O)nc(-c2ccc(F)cc2)c1/C=C/C(=O)C[C@@H](O)CC(=O)O. The van der Waals surface area contributed by atoms with Crippen molar-refractivity contribution in [2.75, 3.05) is 17.6 Å². The van der Waals surface area contributed by atoms with E-state index in [1.165, 1.54) is 43.5 Å². The standard InChI is InChI=1S/C22H26FN3O6S/c1-13(2)20-18(10-9-16(27)11-17(28)12-19(29)30)21(14-5-7-15(23)8-6-14)25-22(24-20)26(3)33(4,31)32/h5-10,13,17,28H,11-12H2,1-4H3,(H,29,30)/b10-9+/t17-/m1/s1. The van der Waals surface area contributed by atoms with E-state index in [-0.39, 0.29) is 24.0 Å². The monoisotopic (exact) mass is 479 g/mol. The number of benzene rings is 1. The third kappa shape index (κ3) is 7.16. The topological polar surface area (TPSA) is 138 Å². The van der Waals surface area contributed by atoms with Crippen LogP contribution >= 0.6 is 0 Å². The molecule has 0 spiro atoms. The minimum absolute atomic E-state index is 0.0825. The van der Waals surface area contributed by atoms with E-state index in [1.807, 2.05) is 13.8 Å². The summed E-state index contributed by atoms with van der Waals surface area (Å²) in [4.78, 5) is 31.7. The predicted molar refractivity (Wildman–Crippen MR) is 122 cm³/mol. The molecule has 2 rings (SSSR count). The molecule has 1 heterocycles. The summed E-state index contributed by atoms with van der Waals surface area (Å²) in [5.74, 6) is -2.49. The van der Waals surface area contributed by atoms with Crippen LogP contribution in [-0.2, 0) is 19.6 Å². The number of nitrogens with zero attached hydrogens (tertiary/aromatic N) is 3. The number of halogens is 1. The van der Waals surface area contributed by atoms with E-state index in [4.69, 9.17) is 5.11 Å². The second kappa shape index (κ2) is 10.6. The first-order valence-electron chi connectivity index (χ1n) is 10.0. The van der Waals surface area contributed by atoms with Gasteiger partial charge in [0.25, 0.3) is 0 Å². The number of ketones is 1. The highest BCUT2D eigenvalue weighted by atomic mass is 32.2. The number of carboxylic acids is 1. The van der Waals surface area contributed by atoms with Crippen LogP contribution in [0.4, 0.5) is 10.3 Å². The average Bonchev–Trinajstić information content (AvgIpc) is 2.70. The Morgan fingerprint density at radius 1 is 1.15 bits per heavy atom. The zero-order chi connectivity index (χ0) is 24.9. The molecule has 0 saturated heterocycles. The van der Waals surface area contributed by atoms with Crippen molar-refractivity contribution in [3.63, 3.8) is 0 Å². The number of aliphatic carboxylic acids is 1. The van der Waals surface area contributed by atoms with Gasteiger partial charge in [0, 0.05) is 24.6 Å². The molecule has 2 aromatic rings. The van der Waals surface area contributed by atoms with Crippen LogP contribution in [0.2, 0.25) is 0 Å². The van der Waals surface area contributed by atoms with Gasteiger partial charge in [0.2, 0.25) is 16.0 Å². The second-order valence-corrected chi connectivity index (χ2v) is 9.83. The summed E-state index contributed by atoms with van der Waals surface area (Å²) in [6.45, 7) is 3.66. The van der Waals surface area contributed by atoms with Crippen molar-refractivity contribution >= 4 is 33.8 Å². The lowest BCUT2D eigenvalue weighted by atomic mass is 9.97. The van der Waals surface area contributed by atoms with Crippen LogP contribution in [0.5, 0.6) is 0 Å². The van der Waals surface area contributed by atoms with E-state index >= 15 is 0 Å². The van der Waals surface area contributed by atoms with Crippen LogP contribution in [0.1, 0.15) is 43.9 Å². The third-order valence-corrected chi connectivity index (χ3v) is 5.85. The van der Waals surface area contributed by atoms with Gasteiger partial charge in [0.15, 0.2) is 5.78 Å². The van der Waals surface area contributed by atoms with Gasteiger partial charge in [-0.25, -0.2) is 27.1 Å². The molecule has 0 aliphatic carbocycles. The molecule has 0 aliphatic rings. The summed E-state index contributed by atoms with van der Waals surface area (Å²) >= 11 is 0. The number of aliphatic hydroxyl groups excluding tert-OH is 1. The van der Waals surface area contributed by atoms with E-state index in [0.29, 0.717) is 16.8 Å². The van der Waals surface area contributed by atoms with Gasteiger partial charge >= 0.3 is 5.97 Å². The van der Waals surface area contributed by atoms with Crippen molar-refractivity contribution in [1.82, 2.24) is 9.97 Å². The Kier molecular flexibility index (Phi) is 8.39. The van der Waals surface area contributed by atoms with E-state index in [1.54, 1.807) is 0 Å². The fourth-order valence-corrected chi connectivity index (χ4v) is 3.32. The molecule has 11 heteroatoms. The molecule has 33 heavy (non-hydrogen) atoms. The molecule has 0 bridgehead atoms. The highest BCUT2D eigenvalue weighted by Gasteiger charge is 2.22. The quantitative estimate of drug-likeness (QED) is 0.496. The summed E-state index contributed by atoms with van der Waals surface area (Å²) in [6, 6.07) is 5.41. The number of aromatic nitrogens is 2. The number of hydrogen-bond acceptors (Lipinski definition) is 7. The average molecular weight is 480 g/mol. The molecule has 0 fully saturated rings. The Hall–Kier alpha value is -3.18. The van der Waals surface area contributed by atoms with Crippen molar-refractivity contribution in [3.05, 3.63) is 47.4 Å². The van der Waals surface area contributed by atoms with Gasteiger partial charge in [-0.1, -0.05) is 13.8 Å². The summed E-state index contributed by atoms with van der Waals surface area (Å²) in [5, 5.41) is 18.4. The summed E-state index contributed by atoms with van der Waals surface area (Å²) < 4.78 is 38.5. The highest BCUT2D eigenvalue weighted by molar-refractivity contribution is 7.92. The Balaban J connectivity index is 2.62. The van der Waals surface area contributed by atoms with Crippen LogP contribution in [0, 0.1) is 5.82 Å². The molecule has 1 aromatic heterocycles. The maximum Gasteiger partial charge on any atom is 0.305 e. The van der Waals surface area contributed by atoms with Crippen LogP contribution in [0.15, 0.2) is 30.3 Å². The van der Waals surface area contributed by atoms with Crippen molar-refractivity contribution < 1.29 is 32.6 Å². The number of anilines is 1. The number of allylic oxidation sites excluding steroid dienone is 1. The van der Waals surface area contributed by atoms with Gasteiger partial charge in [0.1, 0.15) is 5.82 Å². The number of carbonyl (C=O) groups is 2. The molecular weight excluding hydrogens is 453 g/mol. The molecule has 0 amide bonds. The number of rotatable bonds is 10. The van der Waals surface area contributed by atoms with Gasteiger partial charge in [-0.15, -0.1) is 0 Å². The Morgan fingerprint density at radius 3 is 2.27 bits per heavy atom. The first-order valence-corrected chi connectivity index (χ1v) is 11.9. The zero-order valence-corrected chi connectivity index (χ0v) is 19.5. The molecule has 2 N–H and O–H groups in total. The lowest BCUT2D eigenvalue weighted by molar-refractivity contribution is -0.139. The van der Waals surface area contributed by atoms with Gasteiger partial charge in [-0.05, 0) is 42.3 Å². The second-order valence-electron chi connectivity index (χ2n) is 7.82. The molecule has 0 unspecified atom stereocenters. The number of carbonyl (C=O) groups excluding carboxylic acids is 1. The van der Waals surface area contributed by atoms with E-state index < -0.39 is 40.1 Å². The lowest BCUT2D eigenvalue weighted by Crippen LogP contribution is -2.27. The molecule has 1 atom stereocenters. The minimum atomic E-state index is -3.67. The maximum absolute atomic E-state index is 13.5. The number of carboxylic acid groups (broad SMARTS) is 1. The smallest absolute Gasteiger partial charge is 0.305 e. The van der Waals surface area contributed by atoms with Crippen molar-refractivity contribution in [3.8, 4) is 11.3 Å². The van der Waals surface area contributed by atoms with Crippen LogP contribution < -0.4 is 4.31 Å². The lowest BCUT2D eigenvalue weighted by Gasteiger charge is -2.20. The molecular formula is C22H26FN3O6S. The minimum Gasteiger partial charge on any atom is -0.481 e. The van der Waals surface area contributed by atoms with E-state index in [0.717, 1.165) is 10.6 Å². The van der Waals surface area contributed by atoms with Gasteiger partial charge in [-0.3, -0.25) is 9.59 Å². The van der Waals surface area contributed by atoms with Crippen LogP contribution in [0.25, 0.3) is 17.3 Å². The van der Waals surface area contributed by atoms with Crippen molar-refractivity contribution in [2.24, 2.45) is 0 Å². The molecule has 0 radical (unpaired) electrons. The Bertz CT molecular complexity index is 1160. The predicted octanol–water partition coefficient (Wildman–Crippen LogP) is 2.61. The number of hydrogen-bond donors (Lipinski definition) is 2. The van der Waals surface area contributed by atoms with Gasteiger partial charge in [-0.2, -0.15) is 0 Å². The van der Waals surface area contributed by atoms with Crippen LogP contribution in [-0.4, -0.2) is 59.8 Å². The maximum atomic E-state index is 13.5.